The van der Waals surface area contributed by atoms with Gasteiger partial charge in [0.2, 0.25) is 0 Å². The molecule has 8 nitrogen and oxygen atoms in total. The van der Waals surface area contributed by atoms with Crippen LogP contribution < -0.4 is 10.5 Å². The summed E-state index contributed by atoms with van der Waals surface area (Å²) in [5.41, 5.74) is 1.73. The van der Waals surface area contributed by atoms with Gasteiger partial charge in [0.05, 0.1) is 15.8 Å². The molecule has 0 aliphatic carbocycles. The number of aromatic nitrogens is 1. The van der Waals surface area contributed by atoms with E-state index in [1.807, 2.05) is 24.3 Å². The lowest BCUT2D eigenvalue weighted by Crippen LogP contribution is -2.99. The molecule has 0 saturated carbocycles. The highest BCUT2D eigenvalue weighted by molar-refractivity contribution is 7.21. The molecule has 0 bridgehead atoms. The number of thiazole rings is 1. The largest absolute Gasteiger partial charge is 0.592 e. The van der Waals surface area contributed by atoms with Crippen LogP contribution in [-0.2, 0) is 0 Å². The average Bonchev–Trinajstić information content (AvgIpc) is 3.30. The van der Waals surface area contributed by atoms with Crippen LogP contribution in [0, 0.1) is 5.21 Å². The van der Waals surface area contributed by atoms with Gasteiger partial charge in [-0.05, 0) is 36.4 Å². The van der Waals surface area contributed by atoms with Crippen molar-refractivity contribution in [1.29, 1.82) is 0 Å². The highest BCUT2D eigenvalue weighted by Gasteiger charge is 2.16. The molecular weight excluding hydrogens is 370 g/mol. The molecule has 0 aliphatic heterocycles. The van der Waals surface area contributed by atoms with Gasteiger partial charge in [-0.3, -0.25) is 4.79 Å². The van der Waals surface area contributed by atoms with Gasteiger partial charge in [0.15, 0.2) is 5.76 Å². The SMILES string of the molecule is O=C(Nc1ccc(O)c(-c2nc3ccccc3s2)c1)c1ccc([NH+]([O-])O)o1. The number of benzene rings is 2. The van der Waals surface area contributed by atoms with Gasteiger partial charge >= 0.3 is 5.88 Å². The topological polar surface area (TPSA) is 123 Å². The second-order valence-electron chi connectivity index (χ2n) is 5.64. The van der Waals surface area contributed by atoms with Crippen LogP contribution >= 0.6 is 11.3 Å². The average molecular weight is 383 g/mol. The minimum atomic E-state index is -1.25. The highest BCUT2D eigenvalue weighted by Crippen LogP contribution is 2.36. The number of hydrogen-bond donors (Lipinski definition) is 4. The second-order valence-corrected chi connectivity index (χ2v) is 6.67. The molecule has 0 aliphatic rings. The number of carbonyl (C=O) groups is 1. The normalized spacial score (nSPS) is 12.2. The molecule has 2 heterocycles. The van der Waals surface area contributed by atoms with Crippen molar-refractivity contribution in [3.05, 3.63) is 65.6 Å². The van der Waals surface area contributed by atoms with E-state index in [0.29, 0.717) is 16.3 Å². The molecular formula is C18H13N3O5S. The van der Waals surface area contributed by atoms with Crippen molar-refractivity contribution in [2.45, 2.75) is 0 Å². The summed E-state index contributed by atoms with van der Waals surface area (Å²) >= 11 is 1.43. The lowest BCUT2D eigenvalue weighted by atomic mass is 10.2. The molecule has 0 radical (unpaired) electrons. The number of para-hydroxylation sites is 1. The number of anilines is 1. The Kier molecular flexibility index (Phi) is 4.34. The van der Waals surface area contributed by atoms with Crippen molar-refractivity contribution in [1.82, 2.24) is 4.98 Å². The first kappa shape index (κ1) is 17.2. The zero-order chi connectivity index (χ0) is 19.0. The van der Waals surface area contributed by atoms with Crippen molar-refractivity contribution in [2.24, 2.45) is 0 Å². The number of amides is 1. The van der Waals surface area contributed by atoms with Crippen LogP contribution in [-0.4, -0.2) is 21.2 Å². The summed E-state index contributed by atoms with van der Waals surface area (Å²) in [5, 5.41) is 31.9. The lowest BCUT2D eigenvalue weighted by Gasteiger charge is -2.08. The predicted molar refractivity (Wildman–Crippen MR) is 99.2 cm³/mol. The lowest BCUT2D eigenvalue weighted by molar-refractivity contribution is -0.997. The zero-order valence-electron chi connectivity index (χ0n) is 13.7. The Morgan fingerprint density at radius 1 is 1.19 bits per heavy atom. The number of phenols is 1. The standard InChI is InChI=1S/C18H13N3O5S/c22-13-6-5-10(19-17(23)14-7-8-16(26-14)21(24)25)9-11(13)18-20-12-3-1-2-4-15(12)27-18/h1-9,21-22,24H,(H,19,23). The van der Waals surface area contributed by atoms with Gasteiger partial charge in [-0.2, -0.15) is 5.23 Å². The number of rotatable bonds is 4. The van der Waals surface area contributed by atoms with Crippen molar-refractivity contribution < 1.29 is 24.8 Å². The number of furan rings is 1. The fourth-order valence-electron chi connectivity index (χ4n) is 2.54. The summed E-state index contributed by atoms with van der Waals surface area (Å²) < 4.78 is 5.97. The van der Waals surface area contributed by atoms with Crippen LogP contribution in [0.2, 0.25) is 0 Å². The second kappa shape index (κ2) is 6.82. The fourth-order valence-corrected chi connectivity index (χ4v) is 3.53. The maximum atomic E-state index is 12.3. The smallest absolute Gasteiger partial charge is 0.329 e. The minimum absolute atomic E-state index is 0.0400. The maximum absolute atomic E-state index is 12.3. The Balaban J connectivity index is 1.62. The molecule has 4 rings (SSSR count). The number of aromatic hydroxyl groups is 1. The molecule has 4 N–H and O–H groups in total. The van der Waals surface area contributed by atoms with Gasteiger partial charge in [-0.1, -0.05) is 12.1 Å². The molecule has 4 aromatic rings. The Hall–Kier alpha value is -3.24. The number of phenolic OH excluding ortho intramolecular Hbond substituents is 1. The number of hydrogen-bond acceptors (Lipinski definition) is 7. The molecule has 1 amide bonds. The molecule has 1 unspecified atom stereocenters. The van der Waals surface area contributed by atoms with E-state index >= 15 is 0 Å². The fraction of sp³-hybridized carbons (Fsp3) is 0. The van der Waals surface area contributed by atoms with E-state index in [0.717, 1.165) is 10.2 Å². The van der Waals surface area contributed by atoms with Crippen molar-refractivity contribution >= 4 is 39.0 Å². The van der Waals surface area contributed by atoms with Crippen LogP contribution in [0.25, 0.3) is 20.8 Å². The summed E-state index contributed by atoms with van der Waals surface area (Å²) in [4.78, 5) is 16.8. The third kappa shape index (κ3) is 3.39. The summed E-state index contributed by atoms with van der Waals surface area (Å²) in [6, 6.07) is 14.7. The highest BCUT2D eigenvalue weighted by atomic mass is 32.1. The Morgan fingerprint density at radius 3 is 2.74 bits per heavy atom. The van der Waals surface area contributed by atoms with E-state index in [1.54, 1.807) is 6.07 Å². The third-order valence-corrected chi connectivity index (χ3v) is 4.89. The molecule has 27 heavy (non-hydrogen) atoms. The third-order valence-electron chi connectivity index (χ3n) is 3.82. The zero-order valence-corrected chi connectivity index (χ0v) is 14.5. The molecule has 0 saturated heterocycles. The Bertz CT molecular complexity index is 1100. The van der Waals surface area contributed by atoms with Gasteiger partial charge in [0.1, 0.15) is 10.8 Å². The molecule has 0 spiro atoms. The van der Waals surface area contributed by atoms with Gasteiger partial charge < -0.3 is 20.0 Å². The van der Waals surface area contributed by atoms with E-state index in [-0.39, 0.29) is 17.4 Å². The summed E-state index contributed by atoms with van der Waals surface area (Å²) in [7, 11) is 0. The van der Waals surface area contributed by atoms with Gasteiger partial charge in [-0.15, -0.1) is 11.3 Å². The first-order valence-corrected chi connectivity index (χ1v) is 8.66. The van der Waals surface area contributed by atoms with E-state index in [9.17, 15) is 15.1 Å². The minimum Gasteiger partial charge on any atom is -0.592 e. The molecule has 2 aromatic heterocycles. The number of carbonyl (C=O) groups excluding carboxylic acids is 1. The molecule has 2 aromatic carbocycles. The first-order valence-electron chi connectivity index (χ1n) is 7.85. The van der Waals surface area contributed by atoms with Crippen molar-refractivity contribution in [3.8, 4) is 16.3 Å². The van der Waals surface area contributed by atoms with Gasteiger partial charge in [-0.25, -0.2) is 10.2 Å². The Labute approximate surface area is 156 Å². The molecule has 9 heteroatoms. The van der Waals surface area contributed by atoms with Gasteiger partial charge in [0, 0.05) is 11.8 Å². The maximum Gasteiger partial charge on any atom is 0.329 e. The number of nitrogens with zero attached hydrogens (tertiary/aromatic N) is 1. The van der Waals surface area contributed by atoms with Crippen LogP contribution in [0.1, 0.15) is 10.6 Å². The number of nitrogens with one attached hydrogen (secondary N) is 2. The molecule has 0 fully saturated rings. The van der Waals surface area contributed by atoms with Crippen LogP contribution in [0.5, 0.6) is 5.75 Å². The molecule has 1 atom stereocenters. The summed E-state index contributed by atoms with van der Waals surface area (Å²) in [5.74, 6) is -0.996. The van der Waals surface area contributed by atoms with E-state index in [2.05, 4.69) is 10.3 Å². The monoisotopic (exact) mass is 383 g/mol. The van der Waals surface area contributed by atoms with Crippen molar-refractivity contribution in [3.63, 3.8) is 0 Å². The van der Waals surface area contributed by atoms with Crippen LogP contribution in [0.15, 0.2) is 59.0 Å². The van der Waals surface area contributed by atoms with Crippen molar-refractivity contribution in [2.75, 3.05) is 5.32 Å². The quantitative estimate of drug-likeness (QED) is 0.317. The summed E-state index contributed by atoms with van der Waals surface area (Å²) in [6.45, 7) is 0. The first-order chi connectivity index (χ1) is 13.0. The number of quaternary nitrogens is 1. The van der Waals surface area contributed by atoms with E-state index in [4.69, 9.17) is 9.62 Å². The van der Waals surface area contributed by atoms with E-state index in [1.165, 1.54) is 35.6 Å². The van der Waals surface area contributed by atoms with Crippen LogP contribution in [0.4, 0.5) is 11.6 Å². The number of fused-ring (bicyclic) bond motifs is 1. The predicted octanol–water partition coefficient (Wildman–Crippen LogP) is 2.92. The van der Waals surface area contributed by atoms with Gasteiger partial charge in [0.25, 0.3) is 5.91 Å². The summed E-state index contributed by atoms with van der Waals surface area (Å²) in [6.07, 6.45) is 0. The van der Waals surface area contributed by atoms with E-state index < -0.39 is 11.1 Å². The van der Waals surface area contributed by atoms with Crippen LogP contribution in [0.3, 0.4) is 0 Å². The Morgan fingerprint density at radius 2 is 2.00 bits per heavy atom. The molecule has 136 valence electrons.